The Morgan fingerprint density at radius 1 is 1.07 bits per heavy atom. The summed E-state index contributed by atoms with van der Waals surface area (Å²) in [6, 6.07) is 12.7. The van der Waals surface area contributed by atoms with Crippen LogP contribution in [0.2, 0.25) is 10.0 Å². The number of hydrogen-bond donors (Lipinski definition) is 1. The molecule has 1 aliphatic heterocycles. The maximum Gasteiger partial charge on any atom is 0.275 e. The molecule has 1 fully saturated rings. The zero-order valence-electron chi connectivity index (χ0n) is 15.7. The summed E-state index contributed by atoms with van der Waals surface area (Å²) in [5, 5.41) is 4.95. The van der Waals surface area contributed by atoms with Crippen LogP contribution in [0.25, 0.3) is 22.0 Å². The smallest absolute Gasteiger partial charge is 0.275 e. The maximum absolute atomic E-state index is 13.5. The van der Waals surface area contributed by atoms with Crippen molar-refractivity contribution >= 4 is 45.7 Å². The van der Waals surface area contributed by atoms with Crippen LogP contribution in [-0.2, 0) is 11.8 Å². The topological polar surface area (TPSA) is 54.3 Å². The molecule has 2 aromatic carbocycles. The van der Waals surface area contributed by atoms with Gasteiger partial charge in [0.2, 0.25) is 5.91 Å². The number of halogens is 2. The van der Waals surface area contributed by atoms with Gasteiger partial charge in [-0.25, -0.2) is 0 Å². The monoisotopic (exact) mass is 415 g/mol. The van der Waals surface area contributed by atoms with E-state index in [0.717, 1.165) is 5.39 Å². The highest BCUT2D eigenvalue weighted by atomic mass is 35.5. The highest BCUT2D eigenvalue weighted by Gasteiger charge is 2.41. The third-order valence-electron chi connectivity index (χ3n) is 5.18. The number of aromatic nitrogens is 1. The summed E-state index contributed by atoms with van der Waals surface area (Å²) in [6.45, 7) is 3.90. The molecule has 3 aromatic rings. The molecule has 144 valence electrons. The van der Waals surface area contributed by atoms with E-state index in [9.17, 15) is 9.59 Å². The number of rotatable bonds is 2. The lowest BCUT2D eigenvalue weighted by molar-refractivity contribution is -0.116. The maximum atomic E-state index is 13.5. The summed E-state index contributed by atoms with van der Waals surface area (Å²) in [6.07, 6.45) is 0. The van der Waals surface area contributed by atoms with Crippen molar-refractivity contribution in [2.45, 2.75) is 19.5 Å². The highest BCUT2D eigenvalue weighted by Crippen LogP contribution is 2.41. The molecule has 0 aliphatic carbocycles. The van der Waals surface area contributed by atoms with Crippen LogP contribution < -0.4 is 15.8 Å². The number of pyridine rings is 1. The Morgan fingerprint density at radius 2 is 1.79 bits per heavy atom. The molecule has 0 bridgehead atoms. The lowest BCUT2D eigenvalue weighted by Gasteiger charge is -2.33. The van der Waals surface area contributed by atoms with Gasteiger partial charge >= 0.3 is 0 Å². The number of nitrogens with zero attached hydrogens (tertiary/aromatic N) is 2. The van der Waals surface area contributed by atoms with Gasteiger partial charge in [0.1, 0.15) is 5.69 Å². The molecule has 0 saturated carbocycles. The fourth-order valence-corrected chi connectivity index (χ4v) is 4.22. The second kappa shape index (κ2) is 6.62. The molecule has 0 radical (unpaired) electrons. The fraction of sp³-hybridized carbons (Fsp3) is 0.238. The molecule has 0 spiro atoms. The Bertz CT molecular complexity index is 1180. The normalized spacial score (nSPS) is 16.2. The average molecular weight is 416 g/mol. The van der Waals surface area contributed by atoms with E-state index in [-0.39, 0.29) is 18.0 Å². The average Bonchev–Trinajstić information content (AvgIpc) is 2.91. The predicted octanol–water partition coefficient (Wildman–Crippen LogP) is 4.18. The first-order valence-electron chi connectivity index (χ1n) is 8.87. The van der Waals surface area contributed by atoms with Crippen molar-refractivity contribution in [3.05, 3.63) is 62.9 Å². The van der Waals surface area contributed by atoms with Gasteiger partial charge in [-0.2, -0.15) is 0 Å². The third kappa shape index (κ3) is 2.82. The van der Waals surface area contributed by atoms with E-state index < -0.39 is 5.66 Å². The SMILES string of the molecule is Cn1c(=O)c(N2C(=O)CNC2(C)C)c(-c2ccccc2Cl)c2cc(Cl)ccc21. The summed E-state index contributed by atoms with van der Waals surface area (Å²) in [5.41, 5.74) is 1.31. The minimum absolute atomic E-state index is 0.158. The van der Waals surface area contributed by atoms with Crippen LogP contribution in [0.3, 0.4) is 0 Å². The van der Waals surface area contributed by atoms with Gasteiger partial charge in [-0.05, 0) is 38.1 Å². The molecule has 5 nitrogen and oxygen atoms in total. The second-order valence-electron chi connectivity index (χ2n) is 7.37. The van der Waals surface area contributed by atoms with Gasteiger partial charge in [-0.1, -0.05) is 41.4 Å². The zero-order chi connectivity index (χ0) is 20.2. The fourth-order valence-electron chi connectivity index (χ4n) is 3.81. The van der Waals surface area contributed by atoms with Crippen molar-refractivity contribution in [3.63, 3.8) is 0 Å². The Hall–Kier alpha value is -2.34. The van der Waals surface area contributed by atoms with Gasteiger partial charge in [-0.15, -0.1) is 0 Å². The van der Waals surface area contributed by atoms with E-state index in [0.29, 0.717) is 32.4 Å². The van der Waals surface area contributed by atoms with Gasteiger partial charge in [0.05, 0.1) is 17.7 Å². The van der Waals surface area contributed by atoms with Crippen molar-refractivity contribution in [1.82, 2.24) is 9.88 Å². The van der Waals surface area contributed by atoms with E-state index in [2.05, 4.69) is 5.32 Å². The highest BCUT2D eigenvalue weighted by molar-refractivity contribution is 6.34. The van der Waals surface area contributed by atoms with Crippen LogP contribution >= 0.6 is 23.2 Å². The number of benzene rings is 2. The lowest BCUT2D eigenvalue weighted by atomic mass is 9.97. The number of amides is 1. The number of hydrogen-bond acceptors (Lipinski definition) is 3. The number of fused-ring (bicyclic) bond motifs is 1. The molecule has 1 N–H and O–H groups in total. The van der Waals surface area contributed by atoms with E-state index in [4.69, 9.17) is 23.2 Å². The quantitative estimate of drug-likeness (QED) is 0.682. The van der Waals surface area contributed by atoms with E-state index in [1.165, 1.54) is 4.90 Å². The van der Waals surface area contributed by atoms with E-state index in [1.54, 1.807) is 35.9 Å². The van der Waals surface area contributed by atoms with Crippen molar-refractivity contribution in [2.24, 2.45) is 7.05 Å². The first-order valence-corrected chi connectivity index (χ1v) is 9.63. The van der Waals surface area contributed by atoms with Crippen LogP contribution in [0.4, 0.5) is 5.69 Å². The van der Waals surface area contributed by atoms with Crippen LogP contribution in [-0.4, -0.2) is 22.7 Å². The Labute approximate surface area is 172 Å². The lowest BCUT2D eigenvalue weighted by Crippen LogP contribution is -2.49. The molecule has 1 aliphatic rings. The van der Waals surface area contributed by atoms with Crippen LogP contribution in [0.5, 0.6) is 0 Å². The Balaban J connectivity index is 2.23. The molecular weight excluding hydrogens is 397 g/mol. The molecule has 4 rings (SSSR count). The Kier molecular flexibility index (Phi) is 4.49. The van der Waals surface area contributed by atoms with Crippen molar-refractivity contribution in [1.29, 1.82) is 0 Å². The van der Waals surface area contributed by atoms with Gasteiger partial charge in [0.15, 0.2) is 0 Å². The second-order valence-corrected chi connectivity index (χ2v) is 8.21. The summed E-state index contributed by atoms with van der Waals surface area (Å²) in [4.78, 5) is 27.8. The number of carbonyl (C=O) groups excluding carboxylic acids is 1. The molecule has 2 heterocycles. The van der Waals surface area contributed by atoms with Gasteiger partial charge in [0, 0.05) is 33.6 Å². The number of nitrogens with one attached hydrogen (secondary N) is 1. The first kappa shape index (κ1) is 19.0. The molecule has 1 saturated heterocycles. The molecular formula is C21H19Cl2N3O2. The largest absolute Gasteiger partial charge is 0.310 e. The number of anilines is 1. The number of carbonyl (C=O) groups is 1. The summed E-state index contributed by atoms with van der Waals surface area (Å²) >= 11 is 12.8. The van der Waals surface area contributed by atoms with Gasteiger partial charge < -0.3 is 4.57 Å². The molecule has 0 unspecified atom stereocenters. The van der Waals surface area contributed by atoms with Crippen molar-refractivity contribution in [2.75, 3.05) is 11.4 Å². The summed E-state index contributed by atoms with van der Waals surface area (Å²) in [5.74, 6) is -0.170. The molecule has 1 amide bonds. The van der Waals surface area contributed by atoms with Gasteiger partial charge in [0.25, 0.3) is 5.56 Å². The molecule has 28 heavy (non-hydrogen) atoms. The molecule has 0 atom stereocenters. The predicted molar refractivity (Wildman–Crippen MR) is 114 cm³/mol. The van der Waals surface area contributed by atoms with Crippen molar-refractivity contribution in [3.8, 4) is 11.1 Å². The zero-order valence-corrected chi connectivity index (χ0v) is 17.2. The van der Waals surface area contributed by atoms with E-state index in [1.807, 2.05) is 32.0 Å². The number of aryl methyl sites for hydroxylation is 1. The Morgan fingerprint density at radius 3 is 2.43 bits per heavy atom. The third-order valence-corrected chi connectivity index (χ3v) is 5.75. The molecule has 1 aromatic heterocycles. The molecule has 7 heteroatoms. The minimum atomic E-state index is -0.717. The first-order chi connectivity index (χ1) is 13.2. The van der Waals surface area contributed by atoms with Gasteiger partial charge in [-0.3, -0.25) is 19.8 Å². The summed E-state index contributed by atoms with van der Waals surface area (Å²) in [7, 11) is 1.69. The summed E-state index contributed by atoms with van der Waals surface area (Å²) < 4.78 is 1.54. The van der Waals surface area contributed by atoms with Crippen LogP contribution in [0, 0.1) is 0 Å². The minimum Gasteiger partial charge on any atom is -0.310 e. The van der Waals surface area contributed by atoms with Crippen LogP contribution in [0.15, 0.2) is 47.3 Å². The van der Waals surface area contributed by atoms with E-state index >= 15 is 0 Å². The van der Waals surface area contributed by atoms with Crippen LogP contribution in [0.1, 0.15) is 13.8 Å². The standard InChI is InChI=1S/C21H19Cl2N3O2/c1-21(2)24-11-17(27)26(21)19-18(13-6-4-5-7-15(13)23)14-10-12(22)8-9-16(14)25(3)20(19)28/h4-10,24H,11H2,1-3H3. The van der Waals surface area contributed by atoms with Crippen molar-refractivity contribution < 1.29 is 4.79 Å².